The van der Waals surface area contributed by atoms with Crippen LogP contribution >= 0.6 is 65.8 Å². The maximum atomic E-state index is 14.3. The normalized spacial score (nSPS) is 14.6. The maximum Gasteiger partial charge on any atom is 0.338 e. The van der Waals surface area contributed by atoms with Gasteiger partial charge in [0.1, 0.15) is 18.2 Å². The Kier molecular flexibility index (Phi) is 10.5. The van der Waals surface area contributed by atoms with Crippen molar-refractivity contribution in [3.8, 4) is 17.2 Å². The Morgan fingerprint density at radius 1 is 1.11 bits per heavy atom. The number of methoxy groups -OCH3 is 2. The summed E-state index contributed by atoms with van der Waals surface area (Å²) in [7, 11) is 3.05. The van der Waals surface area contributed by atoms with Gasteiger partial charge in [-0.15, -0.1) is 0 Å². The molecule has 1 aromatic heterocycles. The molecule has 13 heteroatoms. The van der Waals surface area contributed by atoms with Crippen molar-refractivity contribution in [2.24, 2.45) is 4.99 Å². The first kappa shape index (κ1) is 33.4. The van der Waals surface area contributed by atoms with E-state index in [0.717, 1.165) is 13.6 Å². The average molecular weight is 872 g/mol. The van der Waals surface area contributed by atoms with Crippen molar-refractivity contribution in [1.82, 2.24) is 4.57 Å². The summed E-state index contributed by atoms with van der Waals surface area (Å²) in [5.41, 5.74) is 2.38. The number of fused-ring (bicyclic) bond motifs is 1. The van der Waals surface area contributed by atoms with Gasteiger partial charge in [-0.2, -0.15) is 0 Å². The molecule has 0 spiro atoms. The number of carbonyl (C=O) groups excluding carboxylic acids is 1. The summed E-state index contributed by atoms with van der Waals surface area (Å²) in [6.07, 6.45) is 1.75. The standard InChI is InChI=1S/C32H26Br2FIN2O6S/c1-5-43-31(40)27-16(2)37-32-38(28(27)21-13-24(41-3)25(42-4)14-22(21)34)30(39)26(45-32)11-18-10-19(33)12-23(36)29(18)44-15-17-6-8-20(35)9-7-17/h6-14,28H,5,15H2,1-4H3/b26-11-/t28-/m0/s1. The van der Waals surface area contributed by atoms with Gasteiger partial charge in [-0.25, -0.2) is 14.2 Å². The lowest BCUT2D eigenvalue weighted by molar-refractivity contribution is -0.139. The van der Waals surface area contributed by atoms with Crippen molar-refractivity contribution in [2.75, 3.05) is 20.8 Å². The Balaban J connectivity index is 1.69. The molecule has 5 rings (SSSR count). The Morgan fingerprint density at radius 3 is 2.47 bits per heavy atom. The zero-order chi connectivity index (χ0) is 32.4. The van der Waals surface area contributed by atoms with Gasteiger partial charge in [0.05, 0.1) is 46.2 Å². The van der Waals surface area contributed by atoms with Crippen LogP contribution in [0.4, 0.5) is 4.39 Å². The van der Waals surface area contributed by atoms with E-state index in [4.69, 9.17) is 18.9 Å². The molecule has 0 N–H and O–H groups in total. The van der Waals surface area contributed by atoms with Gasteiger partial charge < -0.3 is 18.9 Å². The van der Waals surface area contributed by atoms with Gasteiger partial charge >= 0.3 is 5.97 Å². The van der Waals surface area contributed by atoms with Crippen LogP contribution in [-0.4, -0.2) is 31.4 Å². The highest BCUT2D eigenvalue weighted by molar-refractivity contribution is 14.1. The molecule has 0 amide bonds. The van der Waals surface area contributed by atoms with Crippen molar-refractivity contribution in [3.63, 3.8) is 0 Å². The number of hydrogen-bond acceptors (Lipinski definition) is 8. The minimum Gasteiger partial charge on any atom is -0.493 e. The van der Waals surface area contributed by atoms with Gasteiger partial charge in [-0.1, -0.05) is 55.3 Å². The lowest BCUT2D eigenvalue weighted by atomic mass is 9.95. The predicted molar refractivity (Wildman–Crippen MR) is 185 cm³/mol. The Bertz CT molecular complexity index is 2010. The van der Waals surface area contributed by atoms with E-state index in [0.29, 0.717) is 47.9 Å². The predicted octanol–water partition coefficient (Wildman–Crippen LogP) is 6.66. The molecule has 0 saturated carbocycles. The second-order valence-corrected chi connectivity index (χ2v) is 13.7. The molecular formula is C32H26Br2FIN2O6S. The van der Waals surface area contributed by atoms with Crippen LogP contribution in [0.3, 0.4) is 0 Å². The fourth-order valence-electron chi connectivity index (χ4n) is 4.88. The summed E-state index contributed by atoms with van der Waals surface area (Å²) < 4.78 is 40.2. The number of aromatic nitrogens is 1. The monoisotopic (exact) mass is 870 g/mol. The Hall–Kier alpha value is -3.01. The quantitative estimate of drug-likeness (QED) is 0.138. The van der Waals surface area contributed by atoms with Gasteiger partial charge in [0.25, 0.3) is 5.56 Å². The Labute approximate surface area is 292 Å². The summed E-state index contributed by atoms with van der Waals surface area (Å²) in [5, 5.41) is 0. The lowest BCUT2D eigenvalue weighted by Crippen LogP contribution is -2.40. The first-order chi connectivity index (χ1) is 21.6. The van der Waals surface area contributed by atoms with E-state index in [2.05, 4.69) is 59.4 Å². The third kappa shape index (κ3) is 6.91. The highest BCUT2D eigenvalue weighted by Crippen LogP contribution is 2.41. The summed E-state index contributed by atoms with van der Waals surface area (Å²) in [4.78, 5) is 32.7. The van der Waals surface area contributed by atoms with Crippen LogP contribution in [0, 0.1) is 9.39 Å². The highest BCUT2D eigenvalue weighted by atomic mass is 127. The minimum atomic E-state index is -0.867. The molecule has 0 radical (unpaired) electrons. The summed E-state index contributed by atoms with van der Waals surface area (Å²) in [6.45, 7) is 3.81. The van der Waals surface area contributed by atoms with E-state index in [1.807, 2.05) is 12.1 Å². The molecule has 1 aliphatic rings. The van der Waals surface area contributed by atoms with E-state index in [1.165, 1.54) is 42.3 Å². The molecule has 0 saturated heterocycles. The number of hydrogen-bond donors (Lipinski definition) is 0. The van der Waals surface area contributed by atoms with Crippen LogP contribution in [0.2, 0.25) is 0 Å². The van der Waals surface area contributed by atoms with Gasteiger partial charge in [0.2, 0.25) is 0 Å². The van der Waals surface area contributed by atoms with E-state index in [-0.39, 0.29) is 30.2 Å². The SMILES string of the molecule is CCOC(=O)C1=C(C)N=c2s/c(=C\c3cc(Br)cc(I)c3OCc3ccc(F)cc3)c(=O)n2[C@H]1c1cc(OC)c(OC)cc1Br. The first-order valence-electron chi connectivity index (χ1n) is 13.5. The molecule has 1 atom stereocenters. The molecule has 0 aliphatic carbocycles. The molecule has 234 valence electrons. The molecular weight excluding hydrogens is 846 g/mol. The zero-order valence-corrected chi connectivity index (χ0v) is 30.6. The van der Waals surface area contributed by atoms with Crippen molar-refractivity contribution in [3.05, 3.63) is 115 Å². The smallest absolute Gasteiger partial charge is 0.338 e. The van der Waals surface area contributed by atoms with Gasteiger partial charge in [-0.05, 0) is 90.0 Å². The summed E-state index contributed by atoms with van der Waals surface area (Å²) in [5.74, 6) is 0.584. The fraction of sp³-hybridized carbons (Fsp3) is 0.219. The summed E-state index contributed by atoms with van der Waals surface area (Å²) >= 11 is 10.6. The third-order valence-corrected chi connectivity index (χ3v) is 9.86. The number of esters is 1. The van der Waals surface area contributed by atoms with E-state index in [9.17, 15) is 14.0 Å². The number of ether oxygens (including phenoxy) is 4. The third-order valence-electron chi connectivity index (χ3n) is 6.93. The lowest BCUT2D eigenvalue weighted by Gasteiger charge is -2.26. The van der Waals surface area contributed by atoms with Crippen molar-refractivity contribution < 1.29 is 28.1 Å². The van der Waals surface area contributed by atoms with Crippen LogP contribution < -0.4 is 29.1 Å². The van der Waals surface area contributed by atoms with E-state index >= 15 is 0 Å². The maximum absolute atomic E-state index is 14.3. The number of benzene rings is 3. The zero-order valence-electron chi connectivity index (χ0n) is 24.5. The first-order valence-corrected chi connectivity index (χ1v) is 17.0. The number of thiazole rings is 1. The molecule has 0 bridgehead atoms. The topological polar surface area (TPSA) is 88.4 Å². The Morgan fingerprint density at radius 2 is 1.80 bits per heavy atom. The van der Waals surface area contributed by atoms with Crippen LogP contribution in [0.25, 0.3) is 6.08 Å². The largest absolute Gasteiger partial charge is 0.493 e. The highest BCUT2D eigenvalue weighted by Gasteiger charge is 2.35. The van der Waals surface area contributed by atoms with Crippen LogP contribution in [0.5, 0.6) is 17.2 Å². The number of carbonyl (C=O) groups is 1. The summed E-state index contributed by atoms with van der Waals surface area (Å²) in [6, 6.07) is 12.5. The van der Waals surface area contributed by atoms with Crippen LogP contribution in [-0.2, 0) is 16.1 Å². The van der Waals surface area contributed by atoms with Crippen LogP contribution in [0.15, 0.2) is 78.5 Å². The average Bonchev–Trinajstić information content (AvgIpc) is 3.30. The number of allylic oxidation sites excluding steroid dienone is 1. The van der Waals surface area contributed by atoms with Gasteiger partial charge in [-0.3, -0.25) is 9.36 Å². The number of nitrogens with zero attached hydrogens (tertiary/aromatic N) is 2. The molecule has 4 aromatic rings. The molecule has 8 nitrogen and oxygen atoms in total. The molecule has 45 heavy (non-hydrogen) atoms. The molecule has 3 aromatic carbocycles. The van der Waals surface area contributed by atoms with Crippen molar-refractivity contribution in [2.45, 2.75) is 26.5 Å². The minimum absolute atomic E-state index is 0.155. The van der Waals surface area contributed by atoms with Gasteiger partial charge in [0.15, 0.2) is 16.3 Å². The van der Waals surface area contributed by atoms with Crippen LogP contribution in [0.1, 0.15) is 36.6 Å². The molecule has 0 fully saturated rings. The van der Waals surface area contributed by atoms with Crippen molar-refractivity contribution in [1.29, 1.82) is 0 Å². The fourth-order valence-corrected chi connectivity index (χ4v) is 8.17. The number of rotatable bonds is 9. The number of halogens is 4. The van der Waals surface area contributed by atoms with Gasteiger partial charge in [0, 0.05) is 14.5 Å². The molecule has 1 aliphatic heterocycles. The second-order valence-electron chi connectivity index (χ2n) is 9.75. The molecule has 0 unspecified atom stereocenters. The second kappa shape index (κ2) is 14.2. The van der Waals surface area contributed by atoms with E-state index in [1.54, 1.807) is 44.2 Å². The van der Waals surface area contributed by atoms with E-state index < -0.39 is 12.0 Å². The molecule has 2 heterocycles. The van der Waals surface area contributed by atoms with Crippen molar-refractivity contribution >= 4 is 77.8 Å².